The molecule has 0 saturated carbocycles. The minimum Gasteiger partial charge on any atom is -0.488 e. The van der Waals surface area contributed by atoms with Crippen LogP contribution in [0, 0.1) is 19.7 Å². The van der Waals surface area contributed by atoms with Gasteiger partial charge in [0.05, 0.1) is 4.47 Å². The summed E-state index contributed by atoms with van der Waals surface area (Å²) in [6, 6.07) is 8.61. The van der Waals surface area contributed by atoms with E-state index in [0.717, 1.165) is 22.4 Å². The molecule has 0 unspecified atom stereocenters. The first kappa shape index (κ1) is 14.4. The van der Waals surface area contributed by atoms with Crippen LogP contribution in [0.2, 0.25) is 5.02 Å². The molecule has 2 aromatic carbocycles. The van der Waals surface area contributed by atoms with Gasteiger partial charge in [-0.1, -0.05) is 23.7 Å². The zero-order valence-electron chi connectivity index (χ0n) is 10.6. The van der Waals surface area contributed by atoms with Gasteiger partial charge in [0.15, 0.2) is 0 Å². The Kier molecular flexibility index (Phi) is 4.48. The van der Waals surface area contributed by atoms with Crippen LogP contribution in [0.3, 0.4) is 0 Å². The van der Waals surface area contributed by atoms with Gasteiger partial charge in [-0.2, -0.15) is 0 Å². The summed E-state index contributed by atoms with van der Waals surface area (Å²) in [7, 11) is 0. The average Bonchev–Trinajstić information content (AvgIpc) is 2.33. The fraction of sp³-hybridized carbons (Fsp3) is 0.200. The maximum absolute atomic E-state index is 13.4. The third-order valence-electron chi connectivity index (χ3n) is 2.83. The maximum Gasteiger partial charge on any atom is 0.137 e. The number of halogens is 3. The zero-order chi connectivity index (χ0) is 14.0. The zero-order valence-corrected chi connectivity index (χ0v) is 13.0. The van der Waals surface area contributed by atoms with E-state index in [1.165, 1.54) is 6.07 Å². The monoisotopic (exact) mass is 342 g/mol. The van der Waals surface area contributed by atoms with Crippen LogP contribution >= 0.6 is 27.5 Å². The molecule has 0 fully saturated rings. The Morgan fingerprint density at radius 3 is 2.47 bits per heavy atom. The highest BCUT2D eigenvalue weighted by molar-refractivity contribution is 9.10. The van der Waals surface area contributed by atoms with Gasteiger partial charge < -0.3 is 4.74 Å². The third-order valence-corrected chi connectivity index (χ3v) is 3.93. The quantitative estimate of drug-likeness (QED) is 0.721. The lowest BCUT2D eigenvalue weighted by Gasteiger charge is -2.13. The van der Waals surface area contributed by atoms with Crippen molar-refractivity contribution in [2.45, 2.75) is 20.5 Å². The van der Waals surface area contributed by atoms with Gasteiger partial charge in [0.1, 0.15) is 18.2 Å². The minimum absolute atomic E-state index is 0.286. The molecule has 0 aliphatic carbocycles. The van der Waals surface area contributed by atoms with Crippen LogP contribution in [0.5, 0.6) is 5.75 Å². The Morgan fingerprint density at radius 1 is 1.21 bits per heavy atom. The van der Waals surface area contributed by atoms with Crippen molar-refractivity contribution >= 4 is 27.5 Å². The predicted octanol–water partition coefficient (Wildman–Crippen LogP) is 5.44. The van der Waals surface area contributed by atoms with Gasteiger partial charge in [-0.3, -0.25) is 0 Å². The molecular formula is C15H13BrClFO. The summed E-state index contributed by atoms with van der Waals surface area (Å²) in [4.78, 5) is 0. The number of hydrogen-bond donors (Lipinski definition) is 0. The standard InChI is InChI=1S/C15H13BrClFO/c1-9-6-12(17)7-10(2)15(9)19-8-11-4-3-5-13(18)14(11)16/h3-7H,8H2,1-2H3. The first-order valence-corrected chi connectivity index (χ1v) is 6.98. The highest BCUT2D eigenvalue weighted by Crippen LogP contribution is 2.29. The second-order valence-electron chi connectivity index (χ2n) is 4.37. The fourth-order valence-electron chi connectivity index (χ4n) is 1.93. The molecule has 0 N–H and O–H groups in total. The van der Waals surface area contributed by atoms with E-state index in [9.17, 15) is 4.39 Å². The summed E-state index contributed by atoms with van der Waals surface area (Å²) in [5.41, 5.74) is 2.71. The lowest BCUT2D eigenvalue weighted by molar-refractivity contribution is 0.300. The molecule has 0 aliphatic heterocycles. The van der Waals surface area contributed by atoms with E-state index in [0.29, 0.717) is 16.1 Å². The Morgan fingerprint density at radius 2 is 1.84 bits per heavy atom. The van der Waals surface area contributed by atoms with Crippen LogP contribution in [0.4, 0.5) is 4.39 Å². The Balaban J connectivity index is 2.22. The molecule has 0 heterocycles. The van der Waals surface area contributed by atoms with Crippen molar-refractivity contribution in [3.8, 4) is 5.75 Å². The summed E-state index contributed by atoms with van der Waals surface area (Å²) in [6.07, 6.45) is 0. The van der Waals surface area contributed by atoms with Crippen molar-refractivity contribution < 1.29 is 9.13 Å². The molecule has 0 radical (unpaired) electrons. The Bertz CT molecular complexity index is 590. The van der Waals surface area contributed by atoms with Crippen molar-refractivity contribution in [3.05, 3.63) is 62.3 Å². The topological polar surface area (TPSA) is 9.23 Å². The first-order chi connectivity index (χ1) is 8.99. The normalized spacial score (nSPS) is 10.6. The number of ether oxygens (including phenoxy) is 1. The SMILES string of the molecule is Cc1cc(Cl)cc(C)c1OCc1cccc(F)c1Br. The van der Waals surface area contributed by atoms with E-state index in [1.807, 2.05) is 32.0 Å². The lowest BCUT2D eigenvalue weighted by atomic mass is 10.1. The summed E-state index contributed by atoms with van der Waals surface area (Å²) >= 11 is 9.20. The maximum atomic E-state index is 13.4. The van der Waals surface area contributed by atoms with Gasteiger partial charge in [-0.25, -0.2) is 4.39 Å². The van der Waals surface area contributed by atoms with Gasteiger partial charge in [-0.15, -0.1) is 0 Å². The number of rotatable bonds is 3. The molecule has 0 aromatic heterocycles. The van der Waals surface area contributed by atoms with Crippen LogP contribution in [-0.2, 0) is 6.61 Å². The van der Waals surface area contributed by atoms with Gasteiger partial charge >= 0.3 is 0 Å². The Labute approximate surface area is 125 Å². The highest BCUT2D eigenvalue weighted by Gasteiger charge is 2.09. The van der Waals surface area contributed by atoms with E-state index < -0.39 is 0 Å². The number of hydrogen-bond acceptors (Lipinski definition) is 1. The molecule has 0 aliphatic rings. The fourth-order valence-corrected chi connectivity index (χ4v) is 2.64. The molecule has 0 amide bonds. The van der Waals surface area contributed by atoms with Crippen LogP contribution in [0.1, 0.15) is 16.7 Å². The van der Waals surface area contributed by atoms with Gasteiger partial charge in [0, 0.05) is 10.6 Å². The summed E-state index contributed by atoms with van der Waals surface area (Å²) in [5, 5.41) is 0.689. The summed E-state index contributed by atoms with van der Waals surface area (Å²) in [5.74, 6) is 0.506. The number of aryl methyl sites for hydroxylation is 2. The highest BCUT2D eigenvalue weighted by atomic mass is 79.9. The molecule has 2 rings (SSSR count). The molecule has 1 nitrogen and oxygen atoms in total. The second kappa shape index (κ2) is 5.93. The summed E-state index contributed by atoms with van der Waals surface area (Å²) in [6.45, 7) is 4.19. The van der Waals surface area contributed by atoms with Crippen LogP contribution in [0.25, 0.3) is 0 Å². The van der Waals surface area contributed by atoms with Crippen LogP contribution in [0.15, 0.2) is 34.8 Å². The molecule has 100 valence electrons. The molecule has 4 heteroatoms. The molecule has 0 spiro atoms. The number of benzene rings is 2. The van der Waals surface area contributed by atoms with E-state index in [4.69, 9.17) is 16.3 Å². The molecular weight excluding hydrogens is 331 g/mol. The smallest absolute Gasteiger partial charge is 0.137 e. The molecule has 2 aromatic rings. The van der Waals surface area contributed by atoms with E-state index in [-0.39, 0.29) is 5.82 Å². The van der Waals surface area contributed by atoms with Crippen molar-refractivity contribution in [1.29, 1.82) is 0 Å². The average molecular weight is 344 g/mol. The molecule has 0 saturated heterocycles. The van der Waals surface area contributed by atoms with Crippen molar-refractivity contribution in [2.75, 3.05) is 0 Å². The van der Waals surface area contributed by atoms with Crippen LogP contribution < -0.4 is 4.74 Å². The second-order valence-corrected chi connectivity index (χ2v) is 5.60. The van der Waals surface area contributed by atoms with E-state index in [2.05, 4.69) is 15.9 Å². The van der Waals surface area contributed by atoms with Crippen LogP contribution in [-0.4, -0.2) is 0 Å². The third kappa shape index (κ3) is 3.28. The first-order valence-electron chi connectivity index (χ1n) is 5.81. The largest absolute Gasteiger partial charge is 0.488 e. The molecule has 19 heavy (non-hydrogen) atoms. The predicted molar refractivity (Wildman–Crippen MR) is 79.4 cm³/mol. The lowest BCUT2D eigenvalue weighted by Crippen LogP contribution is -2.00. The Hall–Kier alpha value is -1.06. The molecule has 0 bridgehead atoms. The molecule has 0 atom stereocenters. The van der Waals surface area contributed by atoms with Gasteiger partial charge in [-0.05, 0) is 59.1 Å². The van der Waals surface area contributed by atoms with E-state index >= 15 is 0 Å². The van der Waals surface area contributed by atoms with Crippen molar-refractivity contribution in [1.82, 2.24) is 0 Å². The van der Waals surface area contributed by atoms with Crippen molar-refractivity contribution in [3.63, 3.8) is 0 Å². The van der Waals surface area contributed by atoms with Gasteiger partial charge in [0.25, 0.3) is 0 Å². The summed E-state index contributed by atoms with van der Waals surface area (Å²) < 4.78 is 19.6. The van der Waals surface area contributed by atoms with Crippen molar-refractivity contribution in [2.24, 2.45) is 0 Å². The van der Waals surface area contributed by atoms with E-state index in [1.54, 1.807) is 6.07 Å². The minimum atomic E-state index is -0.286. The van der Waals surface area contributed by atoms with Gasteiger partial charge in [0.2, 0.25) is 0 Å².